The molecule has 2 aromatic carbocycles. The van der Waals surface area contributed by atoms with Crippen molar-refractivity contribution in [2.24, 2.45) is 19.5 Å². The predicted molar refractivity (Wildman–Crippen MR) is 186 cm³/mol. The van der Waals surface area contributed by atoms with Gasteiger partial charge in [0.2, 0.25) is 11.8 Å². The highest BCUT2D eigenvalue weighted by Crippen LogP contribution is 2.45. The topological polar surface area (TPSA) is 131 Å². The number of benzene rings is 2. The van der Waals surface area contributed by atoms with Crippen LogP contribution in [0.15, 0.2) is 47.5 Å². The number of hydrogen-bond donors (Lipinski definition) is 1. The van der Waals surface area contributed by atoms with Gasteiger partial charge in [0, 0.05) is 75.1 Å². The fourth-order valence-electron chi connectivity index (χ4n) is 8.33. The highest BCUT2D eigenvalue weighted by atomic mass is 16.5. The van der Waals surface area contributed by atoms with E-state index in [9.17, 15) is 19.2 Å². The van der Waals surface area contributed by atoms with E-state index in [4.69, 9.17) is 9.47 Å². The average Bonchev–Trinajstić information content (AvgIpc) is 3.65. The van der Waals surface area contributed by atoms with Gasteiger partial charge >= 0.3 is 0 Å². The molecular weight excluding hydrogens is 638 g/mol. The van der Waals surface area contributed by atoms with Gasteiger partial charge in [-0.05, 0) is 67.7 Å². The Hall–Kier alpha value is -5.17. The largest absolute Gasteiger partial charge is 0.496 e. The van der Waals surface area contributed by atoms with Crippen LogP contribution in [0.3, 0.4) is 0 Å². The van der Waals surface area contributed by atoms with Gasteiger partial charge in [0.1, 0.15) is 17.5 Å². The van der Waals surface area contributed by atoms with Gasteiger partial charge in [-0.25, -0.2) is 0 Å². The standard InChI is InChI=1S/C37H41N7O6/c1-40-18-27(33-26(35(40)47)16-38-41(33)2)23-13-30(49-3)28(31(14-23)50-4)19-42-11-9-37(10-12-42)20-43(21-37)24-6-5-22-17-44(36(48)25(22)15-24)29-7-8-32(45)39-34(29)46/h5-6,13-16,18,29H,7-12,17,19-21H2,1-4H3,(H,39,45,46). The van der Waals surface area contributed by atoms with Crippen LogP contribution in [-0.4, -0.2) is 88.3 Å². The highest BCUT2D eigenvalue weighted by molar-refractivity contribution is 6.05. The van der Waals surface area contributed by atoms with Crippen molar-refractivity contribution in [2.75, 3.05) is 45.3 Å². The molecule has 1 atom stereocenters. The molecule has 2 aromatic heterocycles. The van der Waals surface area contributed by atoms with Gasteiger partial charge in [-0.3, -0.25) is 34.1 Å². The molecule has 0 saturated carbocycles. The van der Waals surface area contributed by atoms with E-state index in [1.54, 1.807) is 41.6 Å². The number of nitrogens with one attached hydrogen (secondary N) is 1. The summed E-state index contributed by atoms with van der Waals surface area (Å²) in [7, 11) is 6.94. The molecule has 6 heterocycles. The lowest BCUT2D eigenvalue weighted by Gasteiger charge is -2.55. The van der Waals surface area contributed by atoms with Crippen LogP contribution in [0.25, 0.3) is 22.0 Å². The van der Waals surface area contributed by atoms with Crippen molar-refractivity contribution in [2.45, 2.75) is 44.8 Å². The third-order valence-electron chi connectivity index (χ3n) is 11.2. The third-order valence-corrected chi connectivity index (χ3v) is 11.2. The summed E-state index contributed by atoms with van der Waals surface area (Å²) < 4.78 is 15.2. The first-order chi connectivity index (χ1) is 24.1. The average molecular weight is 680 g/mol. The first-order valence-electron chi connectivity index (χ1n) is 17.1. The molecule has 0 bridgehead atoms. The number of anilines is 1. The lowest BCUT2D eigenvalue weighted by Crippen LogP contribution is -2.60. The van der Waals surface area contributed by atoms with E-state index in [2.05, 4.69) is 26.3 Å². The SMILES string of the molecule is COc1cc(-c2cn(C)c(=O)c3cnn(C)c23)cc(OC)c1CN1CCC2(CC1)CN(c1ccc3c(c1)C(=O)N(C1CCC(=O)NC1=O)C3)C2. The molecule has 8 rings (SSSR count). The summed E-state index contributed by atoms with van der Waals surface area (Å²) in [6, 6.07) is 9.49. The molecule has 1 spiro atoms. The Morgan fingerprint density at radius 3 is 2.36 bits per heavy atom. The minimum Gasteiger partial charge on any atom is -0.496 e. The summed E-state index contributed by atoms with van der Waals surface area (Å²) >= 11 is 0. The second kappa shape index (κ2) is 12.0. The maximum absolute atomic E-state index is 13.4. The fraction of sp³-hybridized carbons (Fsp3) is 0.432. The zero-order valence-electron chi connectivity index (χ0n) is 28.8. The quantitative estimate of drug-likeness (QED) is 0.293. The lowest BCUT2D eigenvalue weighted by molar-refractivity contribution is -0.136. The van der Waals surface area contributed by atoms with Crippen molar-refractivity contribution in [1.29, 1.82) is 0 Å². The fourth-order valence-corrected chi connectivity index (χ4v) is 8.33. The Morgan fingerprint density at radius 2 is 1.68 bits per heavy atom. The minimum atomic E-state index is -0.607. The van der Waals surface area contributed by atoms with E-state index >= 15 is 0 Å². The second-order valence-electron chi connectivity index (χ2n) is 14.2. The highest BCUT2D eigenvalue weighted by Gasteiger charge is 2.46. The molecule has 13 nitrogen and oxygen atoms in total. The van der Waals surface area contributed by atoms with Crippen molar-refractivity contribution in [3.63, 3.8) is 0 Å². The zero-order chi connectivity index (χ0) is 34.9. The van der Waals surface area contributed by atoms with Gasteiger partial charge in [0.05, 0.1) is 36.9 Å². The number of ether oxygens (including phenoxy) is 2. The predicted octanol–water partition coefficient (Wildman–Crippen LogP) is 2.82. The van der Waals surface area contributed by atoms with Gasteiger partial charge in [0.25, 0.3) is 11.5 Å². The minimum absolute atomic E-state index is 0.0920. The van der Waals surface area contributed by atoms with Gasteiger partial charge in [-0.15, -0.1) is 0 Å². The number of likely N-dealkylation sites (tertiary alicyclic amines) is 1. The monoisotopic (exact) mass is 679 g/mol. The normalized spacial score (nSPS) is 20.3. The number of piperidine rings is 2. The number of amides is 3. The van der Waals surface area contributed by atoms with E-state index in [-0.39, 0.29) is 35.1 Å². The zero-order valence-corrected chi connectivity index (χ0v) is 28.8. The van der Waals surface area contributed by atoms with Crippen molar-refractivity contribution in [3.05, 3.63) is 69.8 Å². The summed E-state index contributed by atoms with van der Waals surface area (Å²) in [5, 5.41) is 7.28. The molecule has 3 amide bonds. The van der Waals surface area contributed by atoms with E-state index in [1.165, 1.54) is 0 Å². The van der Waals surface area contributed by atoms with Crippen molar-refractivity contribution in [3.8, 4) is 22.6 Å². The molecule has 4 aromatic rings. The van der Waals surface area contributed by atoms with Gasteiger partial charge in [-0.2, -0.15) is 5.10 Å². The van der Waals surface area contributed by atoms with Gasteiger partial charge in [-0.1, -0.05) is 6.07 Å². The maximum atomic E-state index is 13.4. The smallest absolute Gasteiger partial charge is 0.261 e. The van der Waals surface area contributed by atoms with Crippen molar-refractivity contribution in [1.82, 2.24) is 29.5 Å². The van der Waals surface area contributed by atoms with Crippen LogP contribution in [0.2, 0.25) is 0 Å². The second-order valence-corrected chi connectivity index (χ2v) is 14.2. The first kappa shape index (κ1) is 32.1. The lowest BCUT2D eigenvalue weighted by atomic mass is 9.71. The molecule has 260 valence electrons. The van der Waals surface area contributed by atoms with Gasteiger partial charge < -0.3 is 23.8 Å². The van der Waals surface area contributed by atoms with Crippen LogP contribution in [0, 0.1) is 5.41 Å². The third kappa shape index (κ3) is 5.22. The number of hydrogen-bond acceptors (Lipinski definition) is 9. The Morgan fingerprint density at radius 1 is 0.960 bits per heavy atom. The Labute approximate surface area is 289 Å². The maximum Gasteiger partial charge on any atom is 0.261 e. The molecule has 3 saturated heterocycles. The summed E-state index contributed by atoms with van der Waals surface area (Å²) in [5.41, 5.74) is 6.26. The number of aromatic nitrogens is 3. The molecule has 3 fully saturated rings. The molecule has 4 aliphatic heterocycles. The molecule has 1 N–H and O–H groups in total. The molecule has 0 radical (unpaired) electrons. The van der Waals surface area contributed by atoms with E-state index in [0.29, 0.717) is 30.5 Å². The molecule has 0 aliphatic carbocycles. The number of pyridine rings is 1. The van der Waals surface area contributed by atoms with Crippen molar-refractivity contribution < 1.29 is 23.9 Å². The Kier molecular flexibility index (Phi) is 7.70. The number of carbonyl (C=O) groups is 3. The number of aryl methyl sites for hydroxylation is 2. The number of fused-ring (bicyclic) bond motifs is 2. The van der Waals surface area contributed by atoms with Crippen LogP contribution >= 0.6 is 0 Å². The van der Waals surface area contributed by atoms with Crippen LogP contribution in [0.1, 0.15) is 47.2 Å². The molecule has 50 heavy (non-hydrogen) atoms. The first-order valence-corrected chi connectivity index (χ1v) is 17.1. The molecular formula is C37H41N7O6. The summed E-state index contributed by atoms with van der Waals surface area (Å²) in [6.45, 7) is 4.85. The number of imide groups is 1. The Bertz CT molecular complexity index is 2100. The van der Waals surface area contributed by atoms with E-state index in [1.807, 2.05) is 37.5 Å². The Balaban J connectivity index is 0.932. The molecule has 1 unspecified atom stereocenters. The number of nitrogens with zero attached hydrogens (tertiary/aromatic N) is 6. The summed E-state index contributed by atoms with van der Waals surface area (Å²) in [5.74, 6) is 0.663. The number of rotatable bonds is 7. The van der Waals surface area contributed by atoms with Crippen LogP contribution in [0.4, 0.5) is 5.69 Å². The van der Waals surface area contributed by atoms with Crippen LogP contribution in [0.5, 0.6) is 11.5 Å². The van der Waals surface area contributed by atoms with E-state index < -0.39 is 6.04 Å². The summed E-state index contributed by atoms with van der Waals surface area (Å²) in [4.78, 5) is 56.6. The summed E-state index contributed by atoms with van der Waals surface area (Å²) in [6.07, 6.45) is 6.19. The molecule has 13 heteroatoms. The van der Waals surface area contributed by atoms with Gasteiger partial charge in [0.15, 0.2) is 0 Å². The van der Waals surface area contributed by atoms with Crippen molar-refractivity contribution >= 4 is 34.3 Å². The van der Waals surface area contributed by atoms with Crippen LogP contribution in [-0.2, 0) is 36.8 Å². The number of carbonyl (C=O) groups excluding carboxylic acids is 3. The number of methoxy groups -OCH3 is 2. The van der Waals surface area contributed by atoms with E-state index in [0.717, 1.165) is 84.0 Å². The molecule has 4 aliphatic rings. The van der Waals surface area contributed by atoms with Crippen LogP contribution < -0.4 is 25.2 Å².